The molecule has 1 saturated carbocycles. The highest BCUT2D eigenvalue weighted by Crippen LogP contribution is 2.27. The molecule has 15 heavy (non-hydrogen) atoms. The molecular weight excluding hydrogens is 212 g/mol. The molecule has 0 bridgehead atoms. The van der Waals surface area contributed by atoms with Crippen molar-refractivity contribution in [1.82, 2.24) is 9.21 Å². The Kier molecular flexibility index (Phi) is 3.13. The van der Waals surface area contributed by atoms with Crippen LogP contribution in [0.5, 0.6) is 0 Å². The Bertz CT molecular complexity index is 327. The van der Waals surface area contributed by atoms with Gasteiger partial charge in [-0.15, -0.1) is 6.58 Å². The highest BCUT2D eigenvalue weighted by atomic mass is 32.2. The maximum atomic E-state index is 11.7. The summed E-state index contributed by atoms with van der Waals surface area (Å²) in [7, 11) is -3.07. The van der Waals surface area contributed by atoms with E-state index < -0.39 is 10.0 Å². The van der Waals surface area contributed by atoms with Gasteiger partial charge in [-0.25, -0.2) is 8.42 Å². The first-order valence-electron chi connectivity index (χ1n) is 5.46. The number of piperazine rings is 1. The van der Waals surface area contributed by atoms with E-state index in [1.54, 1.807) is 4.31 Å². The second-order valence-corrected chi connectivity index (χ2v) is 6.25. The Hall–Kier alpha value is -0.390. The Labute approximate surface area is 91.6 Å². The Balaban J connectivity index is 1.89. The van der Waals surface area contributed by atoms with Gasteiger partial charge in [0.15, 0.2) is 0 Å². The van der Waals surface area contributed by atoms with Crippen LogP contribution in [0.25, 0.3) is 0 Å². The standard InChI is InChI=1S/C10H18N2O2S/c1-2-9-15(13,14)12-7-5-11(6-8-12)10-3-4-10/h2,10H,1,3-9H2. The van der Waals surface area contributed by atoms with Gasteiger partial charge in [0.25, 0.3) is 0 Å². The number of rotatable bonds is 4. The maximum absolute atomic E-state index is 11.7. The molecule has 0 aromatic carbocycles. The van der Waals surface area contributed by atoms with Crippen molar-refractivity contribution in [2.24, 2.45) is 0 Å². The van der Waals surface area contributed by atoms with Crippen molar-refractivity contribution in [3.63, 3.8) is 0 Å². The number of nitrogens with zero attached hydrogens (tertiary/aromatic N) is 2. The fourth-order valence-electron chi connectivity index (χ4n) is 2.04. The summed E-state index contributed by atoms with van der Waals surface area (Å²) in [6.07, 6.45) is 4.04. The van der Waals surface area contributed by atoms with Crippen molar-refractivity contribution in [3.05, 3.63) is 12.7 Å². The van der Waals surface area contributed by atoms with E-state index >= 15 is 0 Å². The molecule has 0 aromatic rings. The molecule has 1 saturated heterocycles. The number of sulfonamides is 1. The number of hydrogen-bond donors (Lipinski definition) is 0. The molecule has 86 valence electrons. The Morgan fingerprint density at radius 1 is 1.20 bits per heavy atom. The van der Waals surface area contributed by atoms with E-state index in [0.29, 0.717) is 13.1 Å². The van der Waals surface area contributed by atoms with E-state index in [-0.39, 0.29) is 5.75 Å². The molecule has 1 heterocycles. The molecule has 4 nitrogen and oxygen atoms in total. The van der Waals surface area contributed by atoms with E-state index in [1.165, 1.54) is 18.9 Å². The van der Waals surface area contributed by atoms with Crippen molar-refractivity contribution in [2.45, 2.75) is 18.9 Å². The van der Waals surface area contributed by atoms with Crippen molar-refractivity contribution in [2.75, 3.05) is 31.9 Å². The molecule has 0 spiro atoms. The van der Waals surface area contributed by atoms with Crippen LogP contribution in [0, 0.1) is 0 Å². The van der Waals surface area contributed by atoms with Gasteiger partial charge in [0.05, 0.1) is 5.75 Å². The van der Waals surface area contributed by atoms with Crippen molar-refractivity contribution >= 4 is 10.0 Å². The molecule has 0 atom stereocenters. The molecule has 5 heteroatoms. The fraction of sp³-hybridized carbons (Fsp3) is 0.800. The Morgan fingerprint density at radius 2 is 1.80 bits per heavy atom. The average Bonchev–Trinajstić information content (AvgIpc) is 3.01. The maximum Gasteiger partial charge on any atom is 0.217 e. The van der Waals surface area contributed by atoms with Crippen LogP contribution >= 0.6 is 0 Å². The van der Waals surface area contributed by atoms with E-state index in [1.807, 2.05) is 0 Å². The first-order valence-corrected chi connectivity index (χ1v) is 7.07. The normalized spacial score (nSPS) is 25.3. The fourth-order valence-corrected chi connectivity index (χ4v) is 3.27. The average molecular weight is 230 g/mol. The lowest BCUT2D eigenvalue weighted by molar-refractivity contribution is 0.181. The van der Waals surface area contributed by atoms with Crippen LogP contribution in [0.3, 0.4) is 0 Å². The quantitative estimate of drug-likeness (QED) is 0.651. The van der Waals surface area contributed by atoms with Crippen LogP contribution in [0.15, 0.2) is 12.7 Å². The van der Waals surface area contributed by atoms with E-state index in [0.717, 1.165) is 19.1 Å². The lowest BCUT2D eigenvalue weighted by Crippen LogP contribution is -2.49. The van der Waals surface area contributed by atoms with Gasteiger partial charge >= 0.3 is 0 Å². The van der Waals surface area contributed by atoms with Gasteiger partial charge in [-0.3, -0.25) is 4.90 Å². The van der Waals surface area contributed by atoms with Gasteiger partial charge < -0.3 is 0 Å². The van der Waals surface area contributed by atoms with E-state index in [9.17, 15) is 8.42 Å². The topological polar surface area (TPSA) is 40.6 Å². The summed E-state index contributed by atoms with van der Waals surface area (Å²) in [5.41, 5.74) is 0. The van der Waals surface area contributed by atoms with Crippen LogP contribution in [0.4, 0.5) is 0 Å². The van der Waals surface area contributed by atoms with Crippen LogP contribution in [-0.2, 0) is 10.0 Å². The van der Waals surface area contributed by atoms with Gasteiger partial charge in [-0.05, 0) is 12.8 Å². The smallest absolute Gasteiger partial charge is 0.217 e. The van der Waals surface area contributed by atoms with Gasteiger partial charge in [0.1, 0.15) is 0 Å². The lowest BCUT2D eigenvalue weighted by atomic mass is 10.3. The summed E-state index contributed by atoms with van der Waals surface area (Å²) < 4.78 is 25.0. The summed E-state index contributed by atoms with van der Waals surface area (Å²) in [5.74, 6) is 0.0659. The summed E-state index contributed by atoms with van der Waals surface area (Å²) >= 11 is 0. The minimum absolute atomic E-state index is 0.0659. The van der Waals surface area contributed by atoms with Gasteiger partial charge in [-0.2, -0.15) is 4.31 Å². The van der Waals surface area contributed by atoms with E-state index in [2.05, 4.69) is 11.5 Å². The molecule has 1 aliphatic heterocycles. The zero-order valence-electron chi connectivity index (χ0n) is 8.93. The first kappa shape index (κ1) is 11.1. The van der Waals surface area contributed by atoms with Crippen molar-refractivity contribution in [1.29, 1.82) is 0 Å². The molecule has 0 N–H and O–H groups in total. The molecule has 1 aliphatic carbocycles. The third-order valence-corrected chi connectivity index (χ3v) is 4.87. The Morgan fingerprint density at radius 3 is 2.27 bits per heavy atom. The molecule has 2 aliphatic rings. The molecule has 2 fully saturated rings. The van der Waals surface area contributed by atoms with Gasteiger partial charge in [0, 0.05) is 32.2 Å². The zero-order chi connectivity index (χ0) is 10.9. The SMILES string of the molecule is C=CCS(=O)(=O)N1CCN(C2CC2)CC1. The molecule has 2 rings (SSSR count). The molecule has 0 radical (unpaired) electrons. The lowest BCUT2D eigenvalue weighted by Gasteiger charge is -2.33. The van der Waals surface area contributed by atoms with Crippen LogP contribution < -0.4 is 0 Å². The summed E-state index contributed by atoms with van der Waals surface area (Å²) in [5, 5.41) is 0. The second kappa shape index (κ2) is 4.23. The zero-order valence-corrected chi connectivity index (χ0v) is 9.75. The third kappa shape index (κ3) is 2.59. The highest BCUT2D eigenvalue weighted by Gasteiger charge is 2.33. The third-order valence-electron chi connectivity index (χ3n) is 3.06. The largest absolute Gasteiger partial charge is 0.298 e. The first-order chi connectivity index (χ1) is 7.13. The molecule has 0 aromatic heterocycles. The predicted molar refractivity (Wildman–Crippen MR) is 60.2 cm³/mol. The molecule has 0 unspecified atom stereocenters. The minimum atomic E-state index is -3.07. The second-order valence-electron chi connectivity index (χ2n) is 4.23. The van der Waals surface area contributed by atoms with Crippen molar-refractivity contribution in [3.8, 4) is 0 Å². The number of hydrogen-bond acceptors (Lipinski definition) is 3. The van der Waals surface area contributed by atoms with Gasteiger partial charge in [0.2, 0.25) is 10.0 Å². The monoisotopic (exact) mass is 230 g/mol. The molecule has 0 amide bonds. The van der Waals surface area contributed by atoms with Crippen LogP contribution in [0.1, 0.15) is 12.8 Å². The molecular formula is C10H18N2O2S. The highest BCUT2D eigenvalue weighted by molar-refractivity contribution is 7.89. The summed E-state index contributed by atoms with van der Waals surface area (Å²) in [6.45, 7) is 6.55. The predicted octanol–water partition coefficient (Wildman–Crippen LogP) is 0.282. The minimum Gasteiger partial charge on any atom is -0.298 e. The van der Waals surface area contributed by atoms with Crippen LogP contribution in [0.2, 0.25) is 0 Å². The van der Waals surface area contributed by atoms with Gasteiger partial charge in [-0.1, -0.05) is 6.08 Å². The van der Waals surface area contributed by atoms with Crippen LogP contribution in [-0.4, -0.2) is 55.6 Å². The summed E-state index contributed by atoms with van der Waals surface area (Å²) in [4.78, 5) is 2.40. The van der Waals surface area contributed by atoms with Crippen molar-refractivity contribution < 1.29 is 8.42 Å². The summed E-state index contributed by atoms with van der Waals surface area (Å²) in [6, 6.07) is 0.745. The van der Waals surface area contributed by atoms with E-state index in [4.69, 9.17) is 0 Å².